The third-order valence-electron chi connectivity index (χ3n) is 3.52. The molecule has 120 valence electrons. The molecular formula is C16H23N3O3. The lowest BCUT2D eigenvalue weighted by Crippen LogP contribution is -2.51. The average Bonchev–Trinajstić information content (AvgIpc) is 2.45. The van der Waals surface area contributed by atoms with Gasteiger partial charge >= 0.3 is 11.8 Å². The SMILES string of the molecule is CC1CN(C(=O)C(=O)Nc2cccc(N(C)C)c2)CC(C)O1. The van der Waals surface area contributed by atoms with Gasteiger partial charge in [0.2, 0.25) is 0 Å². The molecule has 0 saturated carbocycles. The number of ether oxygens (including phenoxy) is 1. The predicted octanol–water partition coefficient (Wildman–Crippen LogP) is 1.33. The van der Waals surface area contributed by atoms with Crippen molar-refractivity contribution in [2.24, 2.45) is 0 Å². The van der Waals surface area contributed by atoms with Crippen molar-refractivity contribution in [1.82, 2.24) is 4.90 Å². The van der Waals surface area contributed by atoms with E-state index >= 15 is 0 Å². The molecule has 2 atom stereocenters. The number of amides is 2. The number of anilines is 2. The first kappa shape index (κ1) is 16.3. The second-order valence-corrected chi connectivity index (χ2v) is 5.87. The van der Waals surface area contributed by atoms with E-state index in [-0.39, 0.29) is 12.2 Å². The lowest BCUT2D eigenvalue weighted by molar-refractivity contribution is -0.151. The van der Waals surface area contributed by atoms with E-state index in [1.165, 1.54) is 0 Å². The highest BCUT2D eigenvalue weighted by molar-refractivity contribution is 6.39. The molecular weight excluding hydrogens is 282 g/mol. The fourth-order valence-electron chi connectivity index (χ4n) is 2.53. The highest BCUT2D eigenvalue weighted by atomic mass is 16.5. The molecule has 1 aliphatic heterocycles. The predicted molar refractivity (Wildman–Crippen MR) is 86.0 cm³/mol. The molecule has 1 N–H and O–H groups in total. The van der Waals surface area contributed by atoms with Crippen LogP contribution in [-0.4, -0.2) is 56.1 Å². The van der Waals surface area contributed by atoms with E-state index in [1.54, 1.807) is 11.0 Å². The third-order valence-corrected chi connectivity index (χ3v) is 3.52. The first-order valence-electron chi connectivity index (χ1n) is 7.40. The van der Waals surface area contributed by atoms with Gasteiger partial charge in [-0.2, -0.15) is 0 Å². The largest absolute Gasteiger partial charge is 0.378 e. The Hall–Kier alpha value is -2.08. The summed E-state index contributed by atoms with van der Waals surface area (Å²) in [6, 6.07) is 7.37. The van der Waals surface area contributed by atoms with Crippen molar-refractivity contribution in [3.05, 3.63) is 24.3 Å². The van der Waals surface area contributed by atoms with Crippen LogP contribution in [0.4, 0.5) is 11.4 Å². The summed E-state index contributed by atoms with van der Waals surface area (Å²) in [6.45, 7) is 4.67. The standard InChI is InChI=1S/C16H23N3O3/c1-11-9-19(10-12(2)22-11)16(21)15(20)17-13-6-5-7-14(8-13)18(3)4/h5-8,11-12H,9-10H2,1-4H3,(H,17,20). The van der Waals surface area contributed by atoms with Gasteiger partial charge in [-0.1, -0.05) is 6.07 Å². The Labute approximate surface area is 131 Å². The summed E-state index contributed by atoms with van der Waals surface area (Å²) >= 11 is 0. The molecule has 2 unspecified atom stereocenters. The van der Waals surface area contributed by atoms with Crippen LogP contribution in [0.1, 0.15) is 13.8 Å². The number of nitrogens with zero attached hydrogens (tertiary/aromatic N) is 2. The van der Waals surface area contributed by atoms with Gasteiger partial charge in [-0.05, 0) is 32.0 Å². The van der Waals surface area contributed by atoms with Crippen molar-refractivity contribution in [2.75, 3.05) is 37.4 Å². The minimum atomic E-state index is -0.614. The van der Waals surface area contributed by atoms with Crippen LogP contribution in [-0.2, 0) is 14.3 Å². The fraction of sp³-hybridized carbons (Fsp3) is 0.500. The van der Waals surface area contributed by atoms with Crippen molar-refractivity contribution in [3.8, 4) is 0 Å². The summed E-state index contributed by atoms with van der Waals surface area (Å²) in [5, 5.41) is 2.67. The minimum Gasteiger partial charge on any atom is -0.378 e. The number of carbonyl (C=O) groups is 2. The van der Waals surface area contributed by atoms with Crippen molar-refractivity contribution in [2.45, 2.75) is 26.1 Å². The zero-order chi connectivity index (χ0) is 16.3. The molecule has 6 nitrogen and oxygen atoms in total. The Kier molecular flexibility index (Phi) is 5.03. The van der Waals surface area contributed by atoms with Crippen LogP contribution in [0.15, 0.2) is 24.3 Å². The van der Waals surface area contributed by atoms with Crippen molar-refractivity contribution >= 4 is 23.2 Å². The molecule has 0 aliphatic carbocycles. The second kappa shape index (κ2) is 6.79. The van der Waals surface area contributed by atoms with Gasteiger partial charge in [0.05, 0.1) is 12.2 Å². The van der Waals surface area contributed by atoms with Gasteiger partial charge in [0, 0.05) is 38.6 Å². The van der Waals surface area contributed by atoms with Crippen molar-refractivity contribution < 1.29 is 14.3 Å². The minimum absolute atomic E-state index is 0.0578. The normalized spacial score (nSPS) is 21.4. The van der Waals surface area contributed by atoms with E-state index < -0.39 is 11.8 Å². The number of rotatable bonds is 2. The van der Waals surface area contributed by atoms with Gasteiger partial charge in [-0.15, -0.1) is 0 Å². The van der Waals surface area contributed by atoms with E-state index in [9.17, 15) is 9.59 Å². The van der Waals surface area contributed by atoms with Crippen LogP contribution in [0, 0.1) is 0 Å². The van der Waals surface area contributed by atoms with Gasteiger partial charge in [0.1, 0.15) is 0 Å². The Bertz CT molecular complexity index is 549. The van der Waals surface area contributed by atoms with Crippen LogP contribution in [0.5, 0.6) is 0 Å². The summed E-state index contributed by atoms with van der Waals surface area (Å²) in [6.07, 6.45) is -0.116. The smallest absolute Gasteiger partial charge is 0.313 e. The topological polar surface area (TPSA) is 61.9 Å². The van der Waals surface area contributed by atoms with Crippen molar-refractivity contribution in [3.63, 3.8) is 0 Å². The Balaban J connectivity index is 2.02. The molecule has 0 spiro atoms. The molecule has 6 heteroatoms. The van der Waals surface area contributed by atoms with Crippen molar-refractivity contribution in [1.29, 1.82) is 0 Å². The Morgan fingerprint density at radius 3 is 2.45 bits per heavy atom. The van der Waals surface area contributed by atoms with Crippen LogP contribution in [0.25, 0.3) is 0 Å². The van der Waals surface area contributed by atoms with E-state index in [1.807, 2.05) is 51.0 Å². The summed E-state index contributed by atoms with van der Waals surface area (Å²) in [5.74, 6) is -1.13. The molecule has 1 aliphatic rings. The quantitative estimate of drug-likeness (QED) is 0.837. The van der Waals surface area contributed by atoms with Gasteiger partial charge < -0.3 is 19.9 Å². The molecule has 1 aromatic carbocycles. The van der Waals surface area contributed by atoms with Gasteiger partial charge in [-0.3, -0.25) is 9.59 Å². The average molecular weight is 305 g/mol. The molecule has 1 aromatic rings. The van der Waals surface area contributed by atoms with Gasteiger partial charge in [-0.25, -0.2) is 0 Å². The fourth-order valence-corrected chi connectivity index (χ4v) is 2.53. The first-order chi connectivity index (χ1) is 10.4. The first-order valence-corrected chi connectivity index (χ1v) is 7.40. The molecule has 0 aromatic heterocycles. The maximum atomic E-state index is 12.3. The maximum Gasteiger partial charge on any atom is 0.313 e. The maximum absolute atomic E-state index is 12.3. The van der Waals surface area contributed by atoms with Gasteiger partial charge in [0.25, 0.3) is 0 Å². The van der Waals surface area contributed by atoms with Crippen LogP contribution in [0.2, 0.25) is 0 Å². The van der Waals surface area contributed by atoms with Crippen LogP contribution in [0.3, 0.4) is 0 Å². The summed E-state index contributed by atoms with van der Waals surface area (Å²) < 4.78 is 5.58. The zero-order valence-corrected chi connectivity index (χ0v) is 13.5. The van der Waals surface area contributed by atoms with E-state index in [4.69, 9.17) is 4.74 Å². The molecule has 1 heterocycles. The number of carbonyl (C=O) groups excluding carboxylic acids is 2. The van der Waals surface area contributed by atoms with E-state index in [0.29, 0.717) is 18.8 Å². The number of hydrogen-bond acceptors (Lipinski definition) is 4. The second-order valence-electron chi connectivity index (χ2n) is 5.87. The van der Waals surface area contributed by atoms with E-state index in [2.05, 4.69) is 5.32 Å². The highest BCUT2D eigenvalue weighted by Gasteiger charge is 2.29. The zero-order valence-electron chi connectivity index (χ0n) is 13.5. The molecule has 2 rings (SSSR count). The Morgan fingerprint density at radius 2 is 1.86 bits per heavy atom. The summed E-state index contributed by atoms with van der Waals surface area (Å²) in [5.41, 5.74) is 1.57. The molecule has 2 amide bonds. The van der Waals surface area contributed by atoms with Crippen LogP contribution >= 0.6 is 0 Å². The number of morpholine rings is 1. The molecule has 0 radical (unpaired) electrons. The number of hydrogen-bond donors (Lipinski definition) is 1. The highest BCUT2D eigenvalue weighted by Crippen LogP contribution is 2.18. The number of nitrogens with one attached hydrogen (secondary N) is 1. The third kappa shape index (κ3) is 3.98. The molecule has 1 saturated heterocycles. The lowest BCUT2D eigenvalue weighted by atomic mass is 10.2. The molecule has 0 bridgehead atoms. The van der Waals surface area contributed by atoms with E-state index in [0.717, 1.165) is 5.69 Å². The van der Waals surface area contributed by atoms with Gasteiger partial charge in [0.15, 0.2) is 0 Å². The monoisotopic (exact) mass is 305 g/mol. The Morgan fingerprint density at radius 1 is 1.23 bits per heavy atom. The summed E-state index contributed by atoms with van der Waals surface area (Å²) in [7, 11) is 3.84. The lowest BCUT2D eigenvalue weighted by Gasteiger charge is -2.34. The summed E-state index contributed by atoms with van der Waals surface area (Å²) in [4.78, 5) is 27.9. The molecule has 22 heavy (non-hydrogen) atoms. The molecule has 1 fully saturated rings. The van der Waals surface area contributed by atoms with Crippen LogP contribution < -0.4 is 10.2 Å². The number of benzene rings is 1.